The van der Waals surface area contributed by atoms with E-state index in [1.54, 1.807) is 0 Å². The third kappa shape index (κ3) is 7.95. The fourth-order valence-electron chi connectivity index (χ4n) is 3.05. The molecule has 0 spiro atoms. The molecule has 1 aliphatic heterocycles. The number of non-ortho nitro benzene ring substituents is 1. The zero-order valence-corrected chi connectivity index (χ0v) is 17.6. The lowest BCUT2D eigenvalue weighted by Gasteiger charge is -2.26. The zero-order valence-electron chi connectivity index (χ0n) is 16.8. The zero-order chi connectivity index (χ0) is 21.1. The fraction of sp³-hybridized carbons (Fsp3) is 0.611. The lowest BCUT2D eigenvalue weighted by atomic mass is 10.1. The van der Waals surface area contributed by atoms with Crippen molar-refractivity contribution >= 4 is 21.7 Å². The third-order valence-electron chi connectivity index (χ3n) is 4.53. The first-order chi connectivity index (χ1) is 13.9. The van der Waals surface area contributed by atoms with E-state index >= 15 is 0 Å². The summed E-state index contributed by atoms with van der Waals surface area (Å²) in [4.78, 5) is 16.9. The second-order valence-electron chi connectivity index (χ2n) is 6.74. The summed E-state index contributed by atoms with van der Waals surface area (Å²) < 4.78 is 27.0. The number of nitrogens with zero attached hydrogens (tertiary/aromatic N) is 3. The van der Waals surface area contributed by atoms with E-state index in [9.17, 15) is 18.5 Å². The normalized spacial score (nSPS) is 15.8. The Morgan fingerprint density at radius 3 is 2.66 bits per heavy atom. The van der Waals surface area contributed by atoms with Gasteiger partial charge in [-0.2, -0.15) is 0 Å². The number of benzene rings is 1. The van der Waals surface area contributed by atoms with E-state index in [1.807, 2.05) is 6.92 Å². The number of aliphatic imine (C=N–C) groups is 1. The minimum Gasteiger partial charge on any atom is -0.357 e. The molecular formula is C18H30N6O4S. The Bertz CT molecular complexity index is 793. The van der Waals surface area contributed by atoms with Crippen molar-refractivity contribution in [1.29, 1.82) is 0 Å². The summed E-state index contributed by atoms with van der Waals surface area (Å²) in [6.45, 7) is 6.99. The summed E-state index contributed by atoms with van der Waals surface area (Å²) in [6, 6.07) is 4.96. The maximum absolute atomic E-state index is 12.3. The second-order valence-corrected chi connectivity index (χ2v) is 8.51. The van der Waals surface area contributed by atoms with Gasteiger partial charge >= 0.3 is 0 Å². The molecular weight excluding hydrogens is 396 g/mol. The number of sulfonamides is 1. The Hall–Kier alpha value is -2.24. The van der Waals surface area contributed by atoms with E-state index in [-0.39, 0.29) is 23.7 Å². The van der Waals surface area contributed by atoms with Gasteiger partial charge in [-0.05, 0) is 38.9 Å². The van der Waals surface area contributed by atoms with Gasteiger partial charge in [0.15, 0.2) is 5.96 Å². The molecule has 0 amide bonds. The van der Waals surface area contributed by atoms with Gasteiger partial charge in [0.1, 0.15) is 0 Å². The van der Waals surface area contributed by atoms with Crippen LogP contribution in [0.1, 0.15) is 26.2 Å². The van der Waals surface area contributed by atoms with Crippen LogP contribution in [-0.4, -0.2) is 70.0 Å². The monoisotopic (exact) mass is 426 g/mol. The topological polar surface area (TPSA) is 129 Å². The maximum Gasteiger partial charge on any atom is 0.270 e. The number of piperidine rings is 1. The SMILES string of the molecule is CCNC(=NCCNS(=O)(=O)c1cccc([N+](=O)[O-])c1)NCCN1CCCCC1. The van der Waals surface area contributed by atoms with Crippen molar-refractivity contribution in [3.05, 3.63) is 34.4 Å². The highest BCUT2D eigenvalue weighted by atomic mass is 32.2. The van der Waals surface area contributed by atoms with Gasteiger partial charge in [-0.15, -0.1) is 0 Å². The molecule has 1 aromatic carbocycles. The van der Waals surface area contributed by atoms with Crippen LogP contribution in [0.5, 0.6) is 0 Å². The van der Waals surface area contributed by atoms with Crippen LogP contribution in [0.25, 0.3) is 0 Å². The maximum atomic E-state index is 12.3. The highest BCUT2D eigenvalue weighted by Gasteiger charge is 2.17. The van der Waals surface area contributed by atoms with Gasteiger partial charge in [0.05, 0.1) is 16.4 Å². The van der Waals surface area contributed by atoms with Gasteiger partial charge in [0.25, 0.3) is 5.69 Å². The van der Waals surface area contributed by atoms with Gasteiger partial charge in [0, 0.05) is 38.3 Å². The Balaban J connectivity index is 1.81. The molecule has 1 fully saturated rings. The number of nitro groups is 1. The van der Waals surface area contributed by atoms with E-state index in [0.29, 0.717) is 12.5 Å². The van der Waals surface area contributed by atoms with Crippen LogP contribution >= 0.6 is 0 Å². The standard InChI is InChI=1S/C18H30N6O4S/c1-2-19-18(21-11-14-23-12-4-3-5-13-23)20-9-10-22-29(27,28)17-8-6-7-16(15-17)24(25)26/h6-8,15,22H,2-5,9-14H2,1H3,(H2,19,20,21). The molecule has 0 aromatic heterocycles. The molecule has 1 aliphatic rings. The van der Waals surface area contributed by atoms with Gasteiger partial charge in [-0.1, -0.05) is 12.5 Å². The van der Waals surface area contributed by atoms with Crippen LogP contribution in [0.4, 0.5) is 5.69 Å². The van der Waals surface area contributed by atoms with Gasteiger partial charge in [-0.25, -0.2) is 13.1 Å². The van der Waals surface area contributed by atoms with Crippen LogP contribution in [-0.2, 0) is 10.0 Å². The Morgan fingerprint density at radius 2 is 1.97 bits per heavy atom. The summed E-state index contributed by atoms with van der Waals surface area (Å²) in [6.07, 6.45) is 3.80. The average Bonchev–Trinajstić information content (AvgIpc) is 2.72. The van der Waals surface area contributed by atoms with Crippen molar-refractivity contribution in [3.8, 4) is 0 Å². The van der Waals surface area contributed by atoms with Crippen LogP contribution in [0.2, 0.25) is 0 Å². The first-order valence-electron chi connectivity index (χ1n) is 9.91. The number of hydrogen-bond donors (Lipinski definition) is 3. The summed E-state index contributed by atoms with van der Waals surface area (Å²) in [5, 5.41) is 17.2. The first kappa shape index (κ1) is 23.0. The van der Waals surface area contributed by atoms with Crippen LogP contribution in [0.3, 0.4) is 0 Å². The molecule has 0 bridgehead atoms. The summed E-state index contributed by atoms with van der Waals surface area (Å²) in [5.74, 6) is 0.638. The van der Waals surface area contributed by atoms with Crippen molar-refractivity contribution in [2.24, 2.45) is 4.99 Å². The van der Waals surface area contributed by atoms with Crippen molar-refractivity contribution in [2.45, 2.75) is 31.1 Å². The predicted molar refractivity (Wildman–Crippen MR) is 113 cm³/mol. The first-order valence-corrected chi connectivity index (χ1v) is 11.4. The number of hydrogen-bond acceptors (Lipinski definition) is 6. The number of nitrogens with one attached hydrogen (secondary N) is 3. The molecule has 1 heterocycles. The highest BCUT2D eigenvalue weighted by molar-refractivity contribution is 7.89. The number of likely N-dealkylation sites (tertiary alicyclic amines) is 1. The second kappa shape index (κ2) is 11.7. The molecule has 3 N–H and O–H groups in total. The minimum atomic E-state index is -3.83. The van der Waals surface area contributed by atoms with Gasteiger partial charge in [0.2, 0.25) is 10.0 Å². The molecule has 11 heteroatoms. The molecule has 0 saturated carbocycles. The molecule has 29 heavy (non-hydrogen) atoms. The number of nitro benzene ring substituents is 1. The lowest BCUT2D eigenvalue weighted by molar-refractivity contribution is -0.385. The van der Waals surface area contributed by atoms with E-state index in [0.717, 1.165) is 32.2 Å². The molecule has 0 radical (unpaired) electrons. The highest BCUT2D eigenvalue weighted by Crippen LogP contribution is 2.16. The summed E-state index contributed by atoms with van der Waals surface area (Å²) in [5.41, 5.74) is -0.266. The molecule has 0 aliphatic carbocycles. The van der Waals surface area contributed by atoms with Crippen LogP contribution in [0, 0.1) is 10.1 Å². The number of guanidine groups is 1. The quantitative estimate of drug-likeness (QED) is 0.167. The largest absolute Gasteiger partial charge is 0.357 e. The van der Waals surface area contributed by atoms with E-state index in [2.05, 4.69) is 25.2 Å². The molecule has 2 rings (SSSR count). The Kier molecular flexibility index (Phi) is 9.29. The lowest BCUT2D eigenvalue weighted by Crippen LogP contribution is -2.43. The van der Waals surface area contributed by atoms with E-state index in [1.165, 1.54) is 37.5 Å². The molecule has 10 nitrogen and oxygen atoms in total. The average molecular weight is 427 g/mol. The third-order valence-corrected chi connectivity index (χ3v) is 5.98. The summed E-state index contributed by atoms with van der Waals surface area (Å²) >= 11 is 0. The smallest absolute Gasteiger partial charge is 0.270 e. The molecule has 1 aromatic rings. The van der Waals surface area contributed by atoms with Crippen molar-refractivity contribution in [1.82, 2.24) is 20.3 Å². The van der Waals surface area contributed by atoms with Gasteiger partial charge in [-0.3, -0.25) is 15.1 Å². The van der Waals surface area contributed by atoms with Crippen molar-refractivity contribution in [3.63, 3.8) is 0 Å². The van der Waals surface area contributed by atoms with Crippen LogP contribution < -0.4 is 15.4 Å². The minimum absolute atomic E-state index is 0.0910. The Morgan fingerprint density at radius 1 is 1.21 bits per heavy atom. The number of rotatable bonds is 10. The molecule has 0 unspecified atom stereocenters. The van der Waals surface area contributed by atoms with Crippen molar-refractivity contribution < 1.29 is 13.3 Å². The van der Waals surface area contributed by atoms with Crippen molar-refractivity contribution in [2.75, 3.05) is 45.8 Å². The predicted octanol–water partition coefficient (Wildman–Crippen LogP) is 0.914. The van der Waals surface area contributed by atoms with Crippen LogP contribution in [0.15, 0.2) is 34.2 Å². The van der Waals surface area contributed by atoms with E-state index in [4.69, 9.17) is 0 Å². The fourth-order valence-corrected chi connectivity index (χ4v) is 4.11. The molecule has 162 valence electrons. The molecule has 0 atom stereocenters. The summed E-state index contributed by atoms with van der Waals surface area (Å²) in [7, 11) is -3.83. The van der Waals surface area contributed by atoms with E-state index < -0.39 is 14.9 Å². The Labute approximate surface area is 172 Å². The molecule has 1 saturated heterocycles. The van der Waals surface area contributed by atoms with Gasteiger partial charge < -0.3 is 15.5 Å².